The van der Waals surface area contributed by atoms with Crippen molar-refractivity contribution in [3.8, 4) is 11.5 Å². The Hall–Kier alpha value is -8.06. The van der Waals surface area contributed by atoms with Gasteiger partial charge in [-0.1, -0.05) is 18.2 Å². The van der Waals surface area contributed by atoms with Gasteiger partial charge in [0.1, 0.15) is 52.7 Å². The van der Waals surface area contributed by atoms with Crippen molar-refractivity contribution in [2.24, 2.45) is 21.7 Å². The molecule has 6 saturated carbocycles. The van der Waals surface area contributed by atoms with Gasteiger partial charge in [-0.05, 0) is 137 Å². The van der Waals surface area contributed by atoms with Crippen molar-refractivity contribution in [1.29, 1.82) is 0 Å². The summed E-state index contributed by atoms with van der Waals surface area (Å²) in [6, 6.07) is 11.4. The molecule has 0 saturated heterocycles. The molecule has 12 rings (SSSR count). The summed E-state index contributed by atoms with van der Waals surface area (Å²) < 4.78 is 86.7. The Morgan fingerprint density at radius 3 is 1.47 bits per heavy atom. The van der Waals surface area contributed by atoms with Gasteiger partial charge in [0.2, 0.25) is 0 Å². The molecule has 4 heterocycles. The lowest BCUT2D eigenvalue weighted by molar-refractivity contribution is -0.275. The average Bonchev–Trinajstić information content (AvgIpc) is 4.16. The van der Waals surface area contributed by atoms with Gasteiger partial charge in [0.05, 0.1) is 0 Å². The van der Waals surface area contributed by atoms with E-state index in [1.165, 1.54) is 52.0 Å². The van der Waals surface area contributed by atoms with E-state index in [1.54, 1.807) is 26.0 Å². The monoisotopic (exact) mass is 1090 g/mol. The van der Waals surface area contributed by atoms with Gasteiger partial charge in [-0.2, -0.15) is 38.0 Å². The van der Waals surface area contributed by atoms with Gasteiger partial charge in [-0.3, -0.25) is 28.8 Å². The maximum atomic E-state index is 13.7. The molecule has 26 heteroatoms. The van der Waals surface area contributed by atoms with Crippen LogP contribution in [0.2, 0.25) is 0 Å². The number of benzene rings is 2. The summed E-state index contributed by atoms with van der Waals surface area (Å²) in [5, 5.41) is 19.2. The maximum absolute atomic E-state index is 13.7. The van der Waals surface area contributed by atoms with Crippen molar-refractivity contribution in [2.75, 3.05) is 13.1 Å². The van der Waals surface area contributed by atoms with Crippen LogP contribution in [0.5, 0.6) is 11.5 Å². The number of amides is 4. The third kappa shape index (κ3) is 11.9. The summed E-state index contributed by atoms with van der Waals surface area (Å²) in [5.41, 5.74) is 0.0813. The highest BCUT2D eigenvalue weighted by atomic mass is 19.4. The Morgan fingerprint density at radius 1 is 0.603 bits per heavy atom. The molecule has 0 spiro atoms. The maximum Gasteiger partial charge on any atom is 0.573 e. The van der Waals surface area contributed by atoms with E-state index in [2.05, 4.69) is 60.9 Å². The van der Waals surface area contributed by atoms with Gasteiger partial charge in [0, 0.05) is 49.1 Å². The predicted molar refractivity (Wildman–Crippen MR) is 261 cm³/mol. The number of alkyl halides is 5. The van der Waals surface area contributed by atoms with Crippen LogP contribution in [0.4, 0.5) is 26.3 Å². The summed E-state index contributed by atoms with van der Waals surface area (Å²) in [5.74, 6) is -3.85. The third-order valence-electron chi connectivity index (χ3n) is 16.2. The SMILES string of the molecule is CC(=O)C12CCC(CNC(=O)c3cc(C(=O)NCc4ccc(F)c(OC(F)(F)F)c4)nc4ncnn34)(CC1)CC2.CC(=O)C12CCC(CNC(=O)c3cc(C(=O)NCc4cccc(OC(F)F)c4)nc4ncnn34)(CC1)CC2. The van der Waals surface area contributed by atoms with E-state index in [0.29, 0.717) is 18.7 Å². The highest BCUT2D eigenvalue weighted by Crippen LogP contribution is 2.58. The van der Waals surface area contributed by atoms with Crippen molar-refractivity contribution in [2.45, 2.75) is 117 Å². The van der Waals surface area contributed by atoms with E-state index in [4.69, 9.17) is 0 Å². The second-order valence-electron chi connectivity index (χ2n) is 20.7. The highest BCUT2D eigenvalue weighted by Gasteiger charge is 2.52. The minimum absolute atomic E-state index is 0.000170. The lowest BCUT2D eigenvalue weighted by Gasteiger charge is -2.52. The third-order valence-corrected chi connectivity index (χ3v) is 16.2. The van der Waals surface area contributed by atoms with Crippen LogP contribution < -0.4 is 30.7 Å². The second kappa shape index (κ2) is 21.8. The molecule has 4 aromatic heterocycles. The largest absolute Gasteiger partial charge is 0.573 e. The molecule has 4 N–H and O–H groups in total. The molecule has 20 nitrogen and oxygen atoms in total. The van der Waals surface area contributed by atoms with E-state index >= 15 is 0 Å². The fourth-order valence-corrected chi connectivity index (χ4v) is 11.2. The number of halogens is 6. The van der Waals surface area contributed by atoms with E-state index in [0.717, 1.165) is 89.2 Å². The number of ketones is 2. The van der Waals surface area contributed by atoms with Crippen LogP contribution in [0.25, 0.3) is 11.6 Å². The summed E-state index contributed by atoms with van der Waals surface area (Å²) in [4.78, 5) is 92.8. The number of carbonyl (C=O) groups excluding carboxylic acids is 6. The molecule has 2 aromatic carbocycles. The van der Waals surface area contributed by atoms with E-state index < -0.39 is 48.2 Å². The second-order valence-corrected chi connectivity index (χ2v) is 20.7. The lowest BCUT2D eigenvalue weighted by atomic mass is 9.52. The van der Waals surface area contributed by atoms with Crippen LogP contribution >= 0.6 is 0 Å². The molecule has 6 fully saturated rings. The summed E-state index contributed by atoms with van der Waals surface area (Å²) in [6.45, 7) is 1.03. The van der Waals surface area contributed by atoms with Crippen LogP contribution in [-0.2, 0) is 22.7 Å². The molecule has 4 bridgehead atoms. The fourth-order valence-electron chi connectivity index (χ4n) is 11.2. The Labute approximate surface area is 440 Å². The molecular weight excluding hydrogens is 1030 g/mol. The summed E-state index contributed by atoms with van der Waals surface area (Å²) in [6.07, 6.45) is 7.52. The number of Topliss-reactive ketones (excluding diaryl/α,β-unsaturated/α-hetero) is 2. The number of ether oxygens (including phenoxy) is 2. The number of nitrogens with zero attached hydrogens (tertiary/aromatic N) is 8. The molecule has 0 radical (unpaired) electrons. The smallest absolute Gasteiger partial charge is 0.435 e. The molecule has 0 unspecified atom stereocenters. The first kappa shape index (κ1) is 54.7. The van der Waals surface area contributed by atoms with Crippen molar-refractivity contribution < 1.29 is 64.6 Å². The van der Waals surface area contributed by atoms with Gasteiger partial charge < -0.3 is 30.7 Å². The highest BCUT2D eigenvalue weighted by molar-refractivity contribution is 5.99. The van der Waals surface area contributed by atoms with Gasteiger partial charge in [0.25, 0.3) is 35.2 Å². The first-order valence-corrected chi connectivity index (χ1v) is 25.2. The van der Waals surface area contributed by atoms with Crippen LogP contribution in [0.3, 0.4) is 0 Å². The first-order chi connectivity index (χ1) is 37.1. The molecule has 0 aliphatic heterocycles. The summed E-state index contributed by atoms with van der Waals surface area (Å²) in [7, 11) is 0. The van der Waals surface area contributed by atoms with E-state index in [-0.39, 0.29) is 92.0 Å². The molecule has 78 heavy (non-hydrogen) atoms. The van der Waals surface area contributed by atoms with E-state index in [1.807, 2.05) is 0 Å². The van der Waals surface area contributed by atoms with Crippen LogP contribution in [0.1, 0.15) is 144 Å². The van der Waals surface area contributed by atoms with Gasteiger partial charge >= 0.3 is 13.0 Å². The molecular formula is C52H54F6N12O8. The predicted octanol–water partition coefficient (Wildman–Crippen LogP) is 7.07. The van der Waals surface area contributed by atoms with Crippen molar-refractivity contribution in [3.05, 3.63) is 107 Å². The Morgan fingerprint density at radius 2 is 1.05 bits per heavy atom. The topological polar surface area (TPSA) is 255 Å². The fraction of sp³-hybridized carbons (Fsp3) is 0.462. The number of aromatic nitrogens is 8. The molecule has 0 atom stereocenters. The molecule has 6 aliphatic rings. The van der Waals surface area contributed by atoms with Crippen LogP contribution in [0, 0.1) is 27.5 Å². The first-order valence-electron chi connectivity index (χ1n) is 25.2. The van der Waals surface area contributed by atoms with Crippen molar-refractivity contribution in [3.63, 3.8) is 0 Å². The zero-order chi connectivity index (χ0) is 55.6. The number of hydrogen-bond donors (Lipinski definition) is 4. The zero-order valence-electron chi connectivity index (χ0n) is 42.4. The number of carbonyl (C=O) groups is 6. The summed E-state index contributed by atoms with van der Waals surface area (Å²) >= 11 is 0. The van der Waals surface area contributed by atoms with Gasteiger partial charge in [-0.25, -0.2) is 14.4 Å². The van der Waals surface area contributed by atoms with Crippen molar-refractivity contribution >= 4 is 46.8 Å². The number of hydrogen-bond acceptors (Lipinski definition) is 14. The normalized spacial score (nSPS) is 22.3. The van der Waals surface area contributed by atoms with Crippen molar-refractivity contribution in [1.82, 2.24) is 60.4 Å². The number of rotatable bonds is 17. The molecule has 412 valence electrons. The Balaban J connectivity index is 0.000000190. The number of nitrogens with one attached hydrogen (secondary N) is 4. The zero-order valence-corrected chi connectivity index (χ0v) is 42.4. The minimum atomic E-state index is -5.08. The van der Waals surface area contributed by atoms with Gasteiger partial charge in [-0.15, -0.1) is 13.2 Å². The Bertz CT molecular complexity index is 3260. The number of fused-ring (bicyclic) bond motifs is 8. The quantitative estimate of drug-likeness (QED) is 0.0667. The molecule has 6 aliphatic carbocycles. The van der Waals surface area contributed by atoms with Crippen LogP contribution in [-0.4, -0.2) is 100 Å². The average molecular weight is 1090 g/mol. The standard InChI is InChI=1S/C26H26F4N6O4.C26H28F2N6O4/c1-15(37)25-7-4-24(5-8-25,6-9-25)13-32-22(39)19-11-18(35-23-33-14-34-36(19)23)21(38)31-12-16-2-3-17(27)20(10-16)40-26(28,29)30;1-16(35)26-8-5-25(6-9-26,7-10-26)14-30-22(37)20-12-19(33-24-31-15-32-34(20)24)21(36)29-13-17-3-2-4-18(11-17)38-23(27)28/h2-3,10-11,14H,4-9,12-13H2,1H3,(H,31,38)(H,32,39);2-4,11-12,15,23H,5-10,13-14H2,1H3,(H,29,36)(H,30,37). The minimum Gasteiger partial charge on any atom is -0.435 e. The van der Waals surface area contributed by atoms with E-state index in [9.17, 15) is 55.1 Å². The Kier molecular flexibility index (Phi) is 15.3. The molecule has 4 amide bonds. The van der Waals surface area contributed by atoms with Gasteiger partial charge in [0.15, 0.2) is 11.6 Å². The van der Waals surface area contributed by atoms with Crippen LogP contribution in [0.15, 0.2) is 67.3 Å². The molecule has 6 aromatic rings. The lowest BCUT2D eigenvalue weighted by Crippen LogP contribution is -2.49.